The van der Waals surface area contributed by atoms with E-state index in [0.717, 1.165) is 0 Å². The zero-order chi connectivity index (χ0) is 4.28. The Morgan fingerprint density at radius 3 is 2.25 bits per heavy atom. The number of hydrogen-bond donors (Lipinski definition) is 0. The van der Waals surface area contributed by atoms with Gasteiger partial charge in [0, 0.05) is 0 Å². The molecule has 0 nitrogen and oxygen atoms in total. The molecule has 0 aliphatic heterocycles. The SMILES string of the molecule is [2H]CI(I)I. The number of rotatable bonds is 0. The van der Waals surface area contributed by atoms with Gasteiger partial charge >= 0.3 is 55.4 Å². The van der Waals surface area contributed by atoms with Gasteiger partial charge in [0.2, 0.25) is 0 Å². The van der Waals surface area contributed by atoms with Crippen LogP contribution in [-0.4, -0.2) is 4.91 Å². The van der Waals surface area contributed by atoms with Crippen molar-refractivity contribution in [2.45, 2.75) is 0 Å². The van der Waals surface area contributed by atoms with Crippen LogP contribution >= 0.6 is 49.1 Å². The average Bonchev–Trinajstić information content (AvgIpc) is 1.38. The van der Waals surface area contributed by atoms with E-state index in [9.17, 15) is 0 Å². The summed E-state index contributed by atoms with van der Waals surface area (Å²) in [6, 6.07) is 0. The molecule has 0 saturated carbocycles. The van der Waals surface area contributed by atoms with Crippen LogP contribution in [0.3, 0.4) is 0 Å². The molecule has 0 rings (SSSR count). The number of hydrogen-bond acceptors (Lipinski definition) is 0. The van der Waals surface area contributed by atoms with Gasteiger partial charge in [-0.3, -0.25) is 0 Å². The third-order valence-electron chi connectivity index (χ3n) is 0. The van der Waals surface area contributed by atoms with Crippen molar-refractivity contribution < 1.29 is 1.37 Å². The van der Waals surface area contributed by atoms with Gasteiger partial charge in [-0.2, -0.15) is 0 Å². The molecule has 28 valence electrons. The van der Waals surface area contributed by atoms with Gasteiger partial charge in [-0.15, -0.1) is 0 Å². The molecule has 0 spiro atoms. The molecule has 0 aromatic rings. The van der Waals surface area contributed by atoms with Crippen LogP contribution in [0.15, 0.2) is 0 Å². The van der Waals surface area contributed by atoms with Gasteiger partial charge in [0.1, 0.15) is 0 Å². The fourth-order valence-corrected chi connectivity index (χ4v) is 0. The Morgan fingerprint density at radius 1 is 2.00 bits per heavy atom. The molecule has 0 bridgehead atoms. The van der Waals surface area contributed by atoms with E-state index in [1.54, 1.807) is 0 Å². The molecule has 0 fully saturated rings. The molecule has 0 aliphatic carbocycles. The van der Waals surface area contributed by atoms with E-state index in [1.807, 2.05) is 0 Å². The van der Waals surface area contributed by atoms with E-state index in [1.165, 1.54) is 0 Å². The van der Waals surface area contributed by atoms with Crippen LogP contribution in [-0.2, 0) is 0 Å². The molecule has 4 heavy (non-hydrogen) atoms. The monoisotopic (exact) mass is 397 g/mol. The predicted molar refractivity (Wildman–Crippen MR) is 48.0 cm³/mol. The second kappa shape index (κ2) is 3.38. The zero-order valence-corrected chi connectivity index (χ0v) is 8.31. The first-order valence-electron chi connectivity index (χ1n) is 1.26. The Bertz CT molecular complexity index is 20.9. The van der Waals surface area contributed by atoms with Gasteiger partial charge in [0.05, 0.1) is 0 Å². The van der Waals surface area contributed by atoms with Crippen molar-refractivity contribution in [1.82, 2.24) is 0 Å². The molecule has 3 heteroatoms. The average molecular weight is 397 g/mol. The summed E-state index contributed by atoms with van der Waals surface area (Å²) >= 11 is 4.05. The molecule has 0 heterocycles. The summed E-state index contributed by atoms with van der Waals surface area (Å²) in [7, 11) is 0. The predicted octanol–water partition coefficient (Wildman–Crippen LogP) is 2.82. The number of halogens is 3. The van der Waals surface area contributed by atoms with Crippen LogP contribution in [0.4, 0.5) is 0 Å². The topological polar surface area (TPSA) is 0 Å². The van der Waals surface area contributed by atoms with Gasteiger partial charge < -0.3 is 0 Å². The molecule has 0 aromatic heterocycles. The van der Waals surface area contributed by atoms with Gasteiger partial charge in [0.25, 0.3) is 0 Å². The van der Waals surface area contributed by atoms with Crippen LogP contribution in [0.2, 0.25) is 0 Å². The van der Waals surface area contributed by atoms with E-state index >= 15 is 0 Å². The molecule has 0 amide bonds. The van der Waals surface area contributed by atoms with E-state index < -0.39 is 11.9 Å². The maximum atomic E-state index is 6.71. The standard InChI is InChI=1S/CH3I3/c1-4(2)3/h1H3/i1D. The summed E-state index contributed by atoms with van der Waals surface area (Å²) < 4.78 is 6.71. The summed E-state index contributed by atoms with van der Waals surface area (Å²) in [5, 5.41) is 0. The molecule has 0 atom stereocenters. The normalized spacial score (nSPS) is 14.5. The Labute approximate surface area is 54.3 Å². The van der Waals surface area contributed by atoms with Crippen molar-refractivity contribution >= 4 is 49.1 Å². The fourth-order valence-electron chi connectivity index (χ4n) is 0. The Hall–Kier alpha value is 2.19. The van der Waals surface area contributed by atoms with Crippen LogP contribution in [0, 0.1) is 0 Å². The van der Waals surface area contributed by atoms with Crippen LogP contribution in [0.5, 0.6) is 0 Å². The zero-order valence-electron chi connectivity index (χ0n) is 2.84. The van der Waals surface area contributed by atoms with Crippen molar-refractivity contribution in [1.29, 1.82) is 0 Å². The van der Waals surface area contributed by atoms with E-state index in [4.69, 9.17) is 1.37 Å². The van der Waals surface area contributed by atoms with Crippen LogP contribution < -0.4 is 0 Å². The summed E-state index contributed by atoms with van der Waals surface area (Å²) in [6.45, 7) is 0. The Balaban J connectivity index is 2.54. The van der Waals surface area contributed by atoms with Crippen molar-refractivity contribution in [2.24, 2.45) is 0 Å². The minimum atomic E-state index is -0.675. The molecule has 0 aromatic carbocycles. The first-order valence-corrected chi connectivity index (χ1v) is 14.6. The summed E-state index contributed by atoms with van der Waals surface area (Å²) in [5.74, 6) is 0. The first kappa shape index (κ1) is 4.35. The van der Waals surface area contributed by atoms with E-state index in [0.29, 0.717) is 4.91 Å². The van der Waals surface area contributed by atoms with Crippen LogP contribution in [0.25, 0.3) is 0 Å². The molecular formula is CH3I3. The summed E-state index contributed by atoms with van der Waals surface area (Å²) in [4.78, 5) is 0.686. The van der Waals surface area contributed by atoms with Crippen molar-refractivity contribution in [3.05, 3.63) is 0 Å². The molecular weight excluding hydrogens is 393 g/mol. The first-order chi connectivity index (χ1) is 2.27. The summed E-state index contributed by atoms with van der Waals surface area (Å²) in [5.41, 5.74) is 0. The third kappa shape index (κ3) is 8.89. The van der Waals surface area contributed by atoms with Crippen LogP contribution in [0.1, 0.15) is 1.37 Å². The van der Waals surface area contributed by atoms with Gasteiger partial charge in [0.15, 0.2) is 0 Å². The molecule has 0 aliphatic rings. The molecule has 0 N–H and O–H groups in total. The van der Waals surface area contributed by atoms with Gasteiger partial charge in [-0.05, 0) is 0 Å². The van der Waals surface area contributed by atoms with Crippen molar-refractivity contribution in [3.63, 3.8) is 0 Å². The molecule has 0 radical (unpaired) electrons. The van der Waals surface area contributed by atoms with E-state index in [2.05, 4.69) is 37.2 Å². The number of alkyl halides is 1. The van der Waals surface area contributed by atoms with Gasteiger partial charge in [-0.25, -0.2) is 0 Å². The summed E-state index contributed by atoms with van der Waals surface area (Å²) in [6.07, 6.45) is 0. The van der Waals surface area contributed by atoms with Crippen molar-refractivity contribution in [2.75, 3.05) is 4.91 Å². The fraction of sp³-hybridized carbons (Fsp3) is 1.00. The molecule has 0 saturated heterocycles. The molecule has 0 unspecified atom stereocenters. The Kier molecular flexibility index (Phi) is 3.68. The minimum absolute atomic E-state index is 0.675. The van der Waals surface area contributed by atoms with Crippen molar-refractivity contribution in [3.8, 4) is 0 Å². The second-order valence-corrected chi connectivity index (χ2v) is 25.4. The second-order valence-electron chi connectivity index (χ2n) is 0.256. The van der Waals surface area contributed by atoms with E-state index in [-0.39, 0.29) is 0 Å². The Morgan fingerprint density at radius 2 is 2.25 bits per heavy atom. The maximum absolute atomic E-state index is 6.71. The third-order valence-corrected chi connectivity index (χ3v) is 0. The quantitative estimate of drug-likeness (QED) is 0.436. The van der Waals surface area contributed by atoms with Gasteiger partial charge in [-0.1, -0.05) is 0 Å².